The Labute approximate surface area is 183 Å². The highest BCUT2D eigenvalue weighted by atomic mass is 32.1. The lowest BCUT2D eigenvalue weighted by Gasteiger charge is -2.38. The number of nitrogens with one attached hydrogen (secondary N) is 1. The van der Waals surface area contributed by atoms with Crippen molar-refractivity contribution in [2.24, 2.45) is 0 Å². The highest BCUT2D eigenvalue weighted by Crippen LogP contribution is 2.39. The van der Waals surface area contributed by atoms with Gasteiger partial charge < -0.3 is 20.1 Å². The number of methoxy groups -OCH3 is 1. The lowest BCUT2D eigenvalue weighted by molar-refractivity contribution is 0.176. The molecule has 1 aromatic carbocycles. The summed E-state index contributed by atoms with van der Waals surface area (Å²) in [6.45, 7) is 0. The molecular weight excluding hydrogens is 419 g/mol. The van der Waals surface area contributed by atoms with Gasteiger partial charge in [-0.15, -0.1) is 10.2 Å². The van der Waals surface area contributed by atoms with Gasteiger partial charge in [0.05, 0.1) is 24.4 Å². The summed E-state index contributed by atoms with van der Waals surface area (Å²) in [6.07, 6.45) is 3.14. The van der Waals surface area contributed by atoms with E-state index in [-0.39, 0.29) is 17.8 Å². The van der Waals surface area contributed by atoms with E-state index < -0.39 is 6.17 Å². The number of phenolic OH excluding ortho intramolecular Hbond substituents is 1. The third-order valence-corrected chi connectivity index (χ3v) is 7.19. The summed E-state index contributed by atoms with van der Waals surface area (Å²) in [4.78, 5) is 10.1. The fourth-order valence-electron chi connectivity index (χ4n) is 4.44. The maximum absolute atomic E-state index is 14.9. The summed E-state index contributed by atoms with van der Waals surface area (Å²) in [5.41, 5.74) is 1.94. The number of rotatable bonds is 5. The number of ether oxygens (including phenoxy) is 1. The van der Waals surface area contributed by atoms with Crippen LogP contribution in [-0.2, 0) is 0 Å². The van der Waals surface area contributed by atoms with Gasteiger partial charge in [-0.3, -0.25) is 0 Å². The van der Waals surface area contributed by atoms with Crippen LogP contribution >= 0.6 is 11.3 Å². The number of hydrogen-bond acceptors (Lipinski definition) is 9. The molecule has 2 aromatic heterocycles. The van der Waals surface area contributed by atoms with E-state index in [1.165, 1.54) is 24.8 Å². The summed E-state index contributed by atoms with van der Waals surface area (Å²) >= 11 is 1.35. The van der Waals surface area contributed by atoms with Crippen molar-refractivity contribution in [3.05, 3.63) is 30.6 Å². The summed E-state index contributed by atoms with van der Waals surface area (Å²) in [7, 11) is 3.41. The Morgan fingerprint density at radius 3 is 2.90 bits per heavy atom. The van der Waals surface area contributed by atoms with Crippen LogP contribution in [0.1, 0.15) is 19.3 Å². The van der Waals surface area contributed by atoms with Crippen LogP contribution in [0.5, 0.6) is 11.6 Å². The van der Waals surface area contributed by atoms with Crippen LogP contribution in [-0.4, -0.2) is 63.7 Å². The molecule has 0 unspecified atom stereocenters. The molecule has 2 fully saturated rings. The molecule has 10 heteroatoms. The van der Waals surface area contributed by atoms with Gasteiger partial charge in [0, 0.05) is 30.8 Å². The Morgan fingerprint density at radius 1 is 1.23 bits per heavy atom. The van der Waals surface area contributed by atoms with Crippen molar-refractivity contribution in [3.63, 3.8) is 0 Å². The number of alkyl halides is 1. The van der Waals surface area contributed by atoms with Crippen LogP contribution in [0.15, 0.2) is 30.6 Å². The van der Waals surface area contributed by atoms with Crippen molar-refractivity contribution in [2.45, 2.75) is 43.6 Å². The Bertz CT molecular complexity index is 1100. The van der Waals surface area contributed by atoms with Crippen LogP contribution in [0.25, 0.3) is 21.8 Å². The van der Waals surface area contributed by atoms with E-state index in [0.29, 0.717) is 33.3 Å². The molecule has 4 atom stereocenters. The number of hydrogen-bond donors (Lipinski definition) is 2. The van der Waals surface area contributed by atoms with Gasteiger partial charge in [-0.1, -0.05) is 17.4 Å². The van der Waals surface area contributed by atoms with Gasteiger partial charge in [0.1, 0.15) is 18.2 Å². The average molecular weight is 443 g/mol. The number of aromatic hydroxyl groups is 1. The van der Waals surface area contributed by atoms with Gasteiger partial charge in [-0.25, -0.2) is 14.4 Å². The summed E-state index contributed by atoms with van der Waals surface area (Å²) in [5.74, 6) is 0.520. The highest BCUT2D eigenvalue weighted by molar-refractivity contribution is 7.18. The standard InChI is InChI=1S/C21H23FN6O2S/c1-28(16-8-12-4-6-14(25-12)19(16)22)21-27-26-20(31-21)13-5-3-11(7-17(13)29)15-9-18(30-2)24-10-23-15/h3,5,7,9-10,12,14,16,19,25,29H,4,6,8H2,1-2H3/t12-,14+,16-,19+/m1/s1. The number of aromatic nitrogens is 4. The quantitative estimate of drug-likeness (QED) is 0.623. The predicted molar refractivity (Wildman–Crippen MR) is 116 cm³/mol. The van der Waals surface area contributed by atoms with E-state index >= 15 is 0 Å². The Hall–Kier alpha value is -2.85. The van der Waals surface area contributed by atoms with Gasteiger partial charge in [-0.2, -0.15) is 0 Å². The van der Waals surface area contributed by atoms with E-state index in [4.69, 9.17) is 4.74 Å². The van der Waals surface area contributed by atoms with Crippen LogP contribution in [0.2, 0.25) is 0 Å². The maximum Gasteiger partial charge on any atom is 0.216 e. The molecule has 8 nitrogen and oxygen atoms in total. The largest absolute Gasteiger partial charge is 0.507 e. The number of anilines is 1. The number of fused-ring (bicyclic) bond motifs is 2. The predicted octanol–water partition coefficient (Wildman–Crippen LogP) is 3.04. The fourth-order valence-corrected chi connectivity index (χ4v) is 5.34. The van der Waals surface area contributed by atoms with Crippen LogP contribution < -0.4 is 15.0 Å². The average Bonchev–Trinajstić information content (AvgIpc) is 3.44. The van der Waals surface area contributed by atoms with E-state index in [9.17, 15) is 9.50 Å². The first-order chi connectivity index (χ1) is 15.0. The van der Waals surface area contributed by atoms with Gasteiger partial charge in [0.25, 0.3) is 0 Å². The summed E-state index contributed by atoms with van der Waals surface area (Å²) < 4.78 is 20.1. The number of halogens is 1. The second-order valence-electron chi connectivity index (χ2n) is 7.97. The van der Waals surface area contributed by atoms with Crippen LogP contribution in [0.3, 0.4) is 0 Å². The number of phenols is 1. The van der Waals surface area contributed by atoms with E-state index in [0.717, 1.165) is 24.8 Å². The summed E-state index contributed by atoms with van der Waals surface area (Å²) in [6, 6.07) is 7.04. The molecule has 5 rings (SSSR count). The maximum atomic E-state index is 14.9. The minimum atomic E-state index is -0.936. The number of nitrogens with zero attached hydrogens (tertiary/aromatic N) is 5. The molecule has 2 N–H and O–H groups in total. The topological polar surface area (TPSA) is 96.3 Å². The van der Waals surface area contributed by atoms with Crippen LogP contribution in [0.4, 0.5) is 9.52 Å². The first-order valence-electron chi connectivity index (χ1n) is 10.2. The van der Waals surface area contributed by atoms with Gasteiger partial charge >= 0.3 is 0 Å². The first-order valence-corrected chi connectivity index (χ1v) is 11.0. The normalized spacial score (nSPS) is 24.9. The fraction of sp³-hybridized carbons (Fsp3) is 0.429. The molecule has 0 saturated carbocycles. The second kappa shape index (κ2) is 8.01. The molecule has 3 aromatic rings. The smallest absolute Gasteiger partial charge is 0.216 e. The Balaban J connectivity index is 1.38. The van der Waals surface area contributed by atoms with E-state index in [1.807, 2.05) is 18.0 Å². The molecule has 0 radical (unpaired) electrons. The zero-order chi connectivity index (χ0) is 21.5. The Morgan fingerprint density at radius 2 is 2.10 bits per heavy atom. The molecule has 31 heavy (non-hydrogen) atoms. The molecule has 0 amide bonds. The minimum Gasteiger partial charge on any atom is -0.507 e. The van der Waals surface area contributed by atoms with E-state index in [2.05, 4.69) is 25.5 Å². The molecule has 0 aliphatic carbocycles. The van der Waals surface area contributed by atoms with Gasteiger partial charge in [0.2, 0.25) is 11.0 Å². The lowest BCUT2D eigenvalue weighted by Crippen LogP contribution is -2.55. The third-order valence-electron chi connectivity index (χ3n) is 6.14. The Kier molecular flexibility index (Phi) is 5.19. The summed E-state index contributed by atoms with van der Waals surface area (Å²) in [5, 5.41) is 23.7. The van der Waals surface area contributed by atoms with Crippen LogP contribution in [0, 0.1) is 0 Å². The van der Waals surface area contributed by atoms with Crippen molar-refractivity contribution in [1.82, 2.24) is 25.5 Å². The molecule has 162 valence electrons. The molecule has 4 heterocycles. The second-order valence-corrected chi connectivity index (χ2v) is 8.93. The number of piperidine rings is 1. The SMILES string of the molecule is COc1cc(-c2ccc(-c3nnc(N(C)[C@@H]4C[C@H]5CC[C@H](N5)[C@@H]4F)s3)c(O)c2)ncn1. The molecule has 2 aliphatic rings. The minimum absolute atomic E-state index is 0.0729. The van der Waals surface area contributed by atoms with Crippen molar-refractivity contribution in [1.29, 1.82) is 0 Å². The van der Waals surface area contributed by atoms with Gasteiger partial charge in [0.15, 0.2) is 5.01 Å². The highest BCUT2D eigenvalue weighted by Gasteiger charge is 2.44. The monoisotopic (exact) mass is 442 g/mol. The zero-order valence-electron chi connectivity index (χ0n) is 17.2. The lowest BCUT2D eigenvalue weighted by atomic mass is 9.97. The van der Waals surface area contributed by atoms with Crippen molar-refractivity contribution in [2.75, 3.05) is 19.1 Å². The molecule has 2 bridgehead atoms. The van der Waals surface area contributed by atoms with Gasteiger partial charge in [-0.05, 0) is 31.4 Å². The third kappa shape index (κ3) is 3.70. The van der Waals surface area contributed by atoms with E-state index in [1.54, 1.807) is 18.2 Å². The van der Waals surface area contributed by atoms with Crippen molar-refractivity contribution < 1.29 is 14.2 Å². The molecular formula is C21H23FN6O2S. The molecule has 2 saturated heterocycles. The number of benzene rings is 1. The molecule has 0 spiro atoms. The van der Waals surface area contributed by atoms with Crippen molar-refractivity contribution in [3.8, 4) is 33.5 Å². The van der Waals surface area contributed by atoms with Crippen molar-refractivity contribution >= 4 is 16.5 Å². The molecule has 2 aliphatic heterocycles. The zero-order valence-corrected chi connectivity index (χ0v) is 18.0. The first kappa shape index (κ1) is 20.1.